The molecule has 0 aliphatic carbocycles. The number of likely N-dealkylation sites (N-methyl/N-ethyl adjacent to an activating group) is 1. The first kappa shape index (κ1) is 10.9. The number of aromatic amines is 1. The highest BCUT2D eigenvalue weighted by molar-refractivity contribution is 5.61. The Morgan fingerprint density at radius 1 is 1.44 bits per heavy atom. The summed E-state index contributed by atoms with van der Waals surface area (Å²) < 4.78 is 0. The van der Waals surface area contributed by atoms with Crippen LogP contribution >= 0.6 is 0 Å². The van der Waals surface area contributed by atoms with E-state index in [4.69, 9.17) is 5.73 Å². The van der Waals surface area contributed by atoms with Gasteiger partial charge in [0.25, 0.3) is 5.56 Å². The number of nitrogen functional groups attached to an aromatic ring is 1. The highest BCUT2D eigenvalue weighted by atomic mass is 16.1. The quantitative estimate of drug-likeness (QED) is 0.706. The lowest BCUT2D eigenvalue weighted by atomic mass is 10.3. The first-order valence-electron chi connectivity index (χ1n) is 5.53. The Balaban J connectivity index is 2.14. The molecule has 0 amide bonds. The number of anilines is 2. The van der Waals surface area contributed by atoms with E-state index in [-0.39, 0.29) is 11.2 Å². The number of nitrogens with zero attached hydrogens (tertiary/aromatic N) is 3. The number of nitrogens with two attached hydrogens (primary N) is 1. The summed E-state index contributed by atoms with van der Waals surface area (Å²) in [6.45, 7) is 6.93. The standard InChI is InChI=1S/C10H17N5O/c1-2-14-3-5-15(6-4-14)9-8(11)10(16)13-7-12-9/h7H,2-6,11H2,1H3,(H,12,13,16). The first-order valence-corrected chi connectivity index (χ1v) is 5.53. The summed E-state index contributed by atoms with van der Waals surface area (Å²) in [5.74, 6) is 0.611. The van der Waals surface area contributed by atoms with Crippen molar-refractivity contribution in [2.75, 3.05) is 43.4 Å². The topological polar surface area (TPSA) is 78.2 Å². The zero-order chi connectivity index (χ0) is 11.5. The van der Waals surface area contributed by atoms with Gasteiger partial charge in [0, 0.05) is 26.2 Å². The van der Waals surface area contributed by atoms with E-state index in [0.717, 1.165) is 32.7 Å². The van der Waals surface area contributed by atoms with Gasteiger partial charge >= 0.3 is 0 Å². The van der Waals surface area contributed by atoms with Crippen molar-refractivity contribution < 1.29 is 0 Å². The largest absolute Gasteiger partial charge is 0.391 e. The lowest BCUT2D eigenvalue weighted by molar-refractivity contribution is 0.270. The SMILES string of the molecule is CCN1CCN(c2nc[nH]c(=O)c2N)CC1. The second-order valence-corrected chi connectivity index (χ2v) is 3.89. The molecule has 1 aliphatic heterocycles. The molecule has 1 aliphatic rings. The van der Waals surface area contributed by atoms with Crippen molar-refractivity contribution in [3.63, 3.8) is 0 Å². The van der Waals surface area contributed by atoms with Gasteiger partial charge in [-0.05, 0) is 6.54 Å². The molecular formula is C10H17N5O. The number of H-pyrrole nitrogens is 1. The molecule has 88 valence electrons. The lowest BCUT2D eigenvalue weighted by Gasteiger charge is -2.34. The molecule has 0 saturated carbocycles. The molecule has 1 saturated heterocycles. The average molecular weight is 223 g/mol. The van der Waals surface area contributed by atoms with Crippen molar-refractivity contribution in [1.29, 1.82) is 0 Å². The van der Waals surface area contributed by atoms with Gasteiger partial charge in [0.2, 0.25) is 0 Å². The predicted octanol–water partition coefficient (Wildman–Crippen LogP) is -0.506. The summed E-state index contributed by atoms with van der Waals surface area (Å²) in [6, 6.07) is 0. The molecule has 2 heterocycles. The second-order valence-electron chi connectivity index (χ2n) is 3.89. The molecule has 1 aromatic heterocycles. The van der Waals surface area contributed by atoms with Crippen molar-refractivity contribution in [1.82, 2.24) is 14.9 Å². The fourth-order valence-electron chi connectivity index (χ4n) is 1.93. The van der Waals surface area contributed by atoms with Crippen LogP contribution in [0.5, 0.6) is 0 Å². The number of nitrogens with one attached hydrogen (secondary N) is 1. The smallest absolute Gasteiger partial charge is 0.276 e. The van der Waals surface area contributed by atoms with Gasteiger partial charge in [-0.2, -0.15) is 0 Å². The Hall–Kier alpha value is -1.56. The highest BCUT2D eigenvalue weighted by Crippen LogP contribution is 2.16. The summed E-state index contributed by atoms with van der Waals surface area (Å²) in [5, 5.41) is 0. The van der Waals surface area contributed by atoms with Crippen LogP contribution in [-0.4, -0.2) is 47.6 Å². The zero-order valence-corrected chi connectivity index (χ0v) is 9.44. The maximum absolute atomic E-state index is 11.3. The monoisotopic (exact) mass is 223 g/mol. The Kier molecular flexibility index (Phi) is 3.09. The van der Waals surface area contributed by atoms with Gasteiger partial charge in [0.05, 0.1) is 6.33 Å². The van der Waals surface area contributed by atoms with Gasteiger partial charge in [0.15, 0.2) is 5.82 Å². The highest BCUT2D eigenvalue weighted by Gasteiger charge is 2.19. The number of rotatable bonds is 2. The van der Waals surface area contributed by atoms with Crippen LogP contribution in [0.2, 0.25) is 0 Å². The van der Waals surface area contributed by atoms with Gasteiger partial charge in [-0.3, -0.25) is 4.79 Å². The zero-order valence-electron chi connectivity index (χ0n) is 9.44. The van der Waals surface area contributed by atoms with E-state index in [2.05, 4.69) is 26.7 Å². The average Bonchev–Trinajstić information content (AvgIpc) is 2.33. The minimum atomic E-state index is -0.261. The first-order chi connectivity index (χ1) is 7.72. The van der Waals surface area contributed by atoms with Gasteiger partial charge in [-0.25, -0.2) is 4.98 Å². The third-order valence-corrected chi connectivity index (χ3v) is 2.99. The normalized spacial score (nSPS) is 17.7. The van der Waals surface area contributed by atoms with E-state index >= 15 is 0 Å². The molecule has 6 heteroatoms. The van der Waals surface area contributed by atoms with Crippen molar-refractivity contribution in [2.24, 2.45) is 0 Å². The molecule has 0 atom stereocenters. The van der Waals surface area contributed by atoms with E-state index < -0.39 is 0 Å². The molecule has 2 rings (SSSR count). The van der Waals surface area contributed by atoms with Crippen LogP contribution in [0.1, 0.15) is 6.92 Å². The summed E-state index contributed by atoms with van der Waals surface area (Å²) >= 11 is 0. The Morgan fingerprint density at radius 2 is 2.12 bits per heavy atom. The minimum Gasteiger partial charge on any atom is -0.391 e. The fourth-order valence-corrected chi connectivity index (χ4v) is 1.93. The van der Waals surface area contributed by atoms with Crippen LogP contribution in [0.15, 0.2) is 11.1 Å². The molecule has 0 bridgehead atoms. The summed E-state index contributed by atoms with van der Waals surface area (Å²) in [5.41, 5.74) is 5.67. The van der Waals surface area contributed by atoms with Gasteiger partial charge in [0.1, 0.15) is 5.69 Å². The van der Waals surface area contributed by atoms with E-state index in [1.165, 1.54) is 6.33 Å². The molecule has 0 radical (unpaired) electrons. The summed E-state index contributed by atoms with van der Waals surface area (Å²) in [4.78, 5) is 22.4. The van der Waals surface area contributed by atoms with E-state index in [0.29, 0.717) is 5.82 Å². The van der Waals surface area contributed by atoms with Crippen LogP contribution in [-0.2, 0) is 0 Å². The van der Waals surface area contributed by atoms with Gasteiger partial charge in [-0.1, -0.05) is 6.92 Å². The Morgan fingerprint density at radius 3 is 2.75 bits per heavy atom. The van der Waals surface area contributed by atoms with Crippen LogP contribution in [0.3, 0.4) is 0 Å². The number of hydrogen-bond acceptors (Lipinski definition) is 5. The minimum absolute atomic E-state index is 0.215. The van der Waals surface area contributed by atoms with Crippen molar-refractivity contribution >= 4 is 11.5 Å². The number of piperazine rings is 1. The van der Waals surface area contributed by atoms with E-state index in [1.54, 1.807) is 0 Å². The number of aromatic nitrogens is 2. The second kappa shape index (κ2) is 4.52. The molecule has 0 aromatic carbocycles. The van der Waals surface area contributed by atoms with Crippen molar-refractivity contribution in [2.45, 2.75) is 6.92 Å². The third-order valence-electron chi connectivity index (χ3n) is 2.99. The molecular weight excluding hydrogens is 206 g/mol. The van der Waals surface area contributed by atoms with Crippen molar-refractivity contribution in [3.05, 3.63) is 16.7 Å². The van der Waals surface area contributed by atoms with Crippen LogP contribution in [0.4, 0.5) is 11.5 Å². The molecule has 0 spiro atoms. The van der Waals surface area contributed by atoms with Crippen LogP contribution < -0.4 is 16.2 Å². The van der Waals surface area contributed by atoms with Gasteiger partial charge in [-0.15, -0.1) is 0 Å². The fraction of sp³-hybridized carbons (Fsp3) is 0.600. The maximum atomic E-state index is 11.3. The maximum Gasteiger partial charge on any atom is 0.276 e. The predicted molar refractivity (Wildman–Crippen MR) is 63.6 cm³/mol. The Labute approximate surface area is 94.1 Å². The summed E-state index contributed by atoms with van der Waals surface area (Å²) in [6.07, 6.45) is 1.40. The number of hydrogen-bond donors (Lipinski definition) is 2. The van der Waals surface area contributed by atoms with Crippen LogP contribution in [0.25, 0.3) is 0 Å². The summed E-state index contributed by atoms with van der Waals surface area (Å²) in [7, 11) is 0. The molecule has 1 fully saturated rings. The van der Waals surface area contributed by atoms with E-state index in [9.17, 15) is 4.79 Å². The molecule has 3 N–H and O–H groups in total. The molecule has 0 unspecified atom stereocenters. The molecule has 16 heavy (non-hydrogen) atoms. The lowest BCUT2D eigenvalue weighted by Crippen LogP contribution is -2.47. The van der Waals surface area contributed by atoms with E-state index in [1.807, 2.05) is 0 Å². The third kappa shape index (κ3) is 2.01. The molecule has 1 aromatic rings. The van der Waals surface area contributed by atoms with Gasteiger partial charge < -0.3 is 20.5 Å². The molecule has 6 nitrogen and oxygen atoms in total. The van der Waals surface area contributed by atoms with Crippen LogP contribution in [0, 0.1) is 0 Å². The Bertz CT molecular complexity index is 408. The van der Waals surface area contributed by atoms with Crippen molar-refractivity contribution in [3.8, 4) is 0 Å².